The summed E-state index contributed by atoms with van der Waals surface area (Å²) >= 11 is 1.28. The van der Waals surface area contributed by atoms with E-state index >= 15 is 0 Å². The summed E-state index contributed by atoms with van der Waals surface area (Å²) in [6.45, 7) is 4.15. The molecule has 1 atom stereocenters. The van der Waals surface area contributed by atoms with E-state index < -0.39 is 0 Å². The molecule has 0 aliphatic rings. The van der Waals surface area contributed by atoms with Crippen molar-refractivity contribution in [3.05, 3.63) is 5.01 Å². The minimum absolute atomic E-state index is 0.0556. The van der Waals surface area contributed by atoms with Crippen molar-refractivity contribution in [1.29, 1.82) is 0 Å². The van der Waals surface area contributed by atoms with Crippen molar-refractivity contribution in [2.45, 2.75) is 32.7 Å². The van der Waals surface area contributed by atoms with Gasteiger partial charge in [0.25, 0.3) is 5.91 Å². The highest BCUT2D eigenvalue weighted by atomic mass is 32.1. The quantitative estimate of drug-likeness (QED) is 0.856. The third-order valence-corrected chi connectivity index (χ3v) is 3.44. The van der Waals surface area contributed by atoms with E-state index in [4.69, 9.17) is 0 Å². The lowest BCUT2D eigenvalue weighted by atomic mass is 10.2. The lowest BCUT2D eigenvalue weighted by Crippen LogP contribution is -2.34. The third kappa shape index (κ3) is 2.91. The van der Waals surface area contributed by atoms with Gasteiger partial charge in [-0.25, -0.2) is 0 Å². The fourth-order valence-electron chi connectivity index (χ4n) is 1.37. The highest BCUT2D eigenvalue weighted by Gasteiger charge is 2.20. The molecule has 90 valence electrons. The predicted molar refractivity (Wildman–Crippen MR) is 65.9 cm³/mol. The van der Waals surface area contributed by atoms with Gasteiger partial charge in [0, 0.05) is 20.1 Å². The fraction of sp³-hybridized carbons (Fsp3) is 0.700. The number of carbonyl (C=O) groups is 1. The van der Waals surface area contributed by atoms with Gasteiger partial charge in [-0.1, -0.05) is 24.7 Å². The molecule has 16 heavy (non-hydrogen) atoms. The first-order valence-corrected chi connectivity index (χ1v) is 6.20. The third-order valence-electron chi connectivity index (χ3n) is 2.51. The van der Waals surface area contributed by atoms with E-state index in [9.17, 15) is 4.79 Å². The van der Waals surface area contributed by atoms with Crippen LogP contribution in [0.15, 0.2) is 0 Å². The van der Waals surface area contributed by atoms with Crippen LogP contribution in [-0.2, 0) is 0 Å². The maximum absolute atomic E-state index is 12.0. The number of nitrogens with zero attached hydrogens (tertiary/aromatic N) is 3. The summed E-state index contributed by atoms with van der Waals surface area (Å²) in [4.78, 5) is 13.7. The molecule has 0 radical (unpaired) electrons. The molecule has 6 heteroatoms. The molecule has 1 unspecified atom stereocenters. The van der Waals surface area contributed by atoms with Gasteiger partial charge >= 0.3 is 0 Å². The summed E-state index contributed by atoms with van der Waals surface area (Å²) in [5, 5.41) is 11.7. The Bertz CT molecular complexity index is 352. The Balaban J connectivity index is 2.69. The molecule has 0 saturated carbocycles. The molecule has 0 fully saturated rings. The van der Waals surface area contributed by atoms with Crippen LogP contribution in [0.3, 0.4) is 0 Å². The van der Waals surface area contributed by atoms with Crippen molar-refractivity contribution < 1.29 is 4.79 Å². The number of amides is 1. The zero-order chi connectivity index (χ0) is 12.1. The van der Waals surface area contributed by atoms with Crippen molar-refractivity contribution >= 4 is 22.4 Å². The van der Waals surface area contributed by atoms with Crippen LogP contribution < -0.4 is 5.32 Å². The lowest BCUT2D eigenvalue weighted by molar-refractivity contribution is 0.0735. The molecule has 1 aromatic heterocycles. The Morgan fingerprint density at radius 2 is 2.25 bits per heavy atom. The van der Waals surface area contributed by atoms with Gasteiger partial charge in [-0.3, -0.25) is 4.79 Å². The molecule has 1 amide bonds. The smallest absolute Gasteiger partial charge is 0.284 e. The van der Waals surface area contributed by atoms with Crippen molar-refractivity contribution in [2.24, 2.45) is 0 Å². The van der Waals surface area contributed by atoms with E-state index in [2.05, 4.69) is 22.4 Å². The minimum Gasteiger partial charge on any atom is -0.363 e. The second-order valence-electron chi connectivity index (χ2n) is 3.72. The van der Waals surface area contributed by atoms with Crippen LogP contribution >= 0.6 is 11.3 Å². The number of carbonyl (C=O) groups excluding carboxylic acids is 1. The van der Waals surface area contributed by atoms with Gasteiger partial charge in [0.15, 0.2) is 0 Å². The van der Waals surface area contributed by atoms with Gasteiger partial charge < -0.3 is 10.2 Å². The van der Waals surface area contributed by atoms with E-state index in [0.717, 1.165) is 12.8 Å². The standard InChI is InChI=1S/C10H18N4OS/c1-5-6-7(2)14(4)9(15)8-12-13-10(11-3)16-8/h7H,5-6H2,1-4H3,(H,11,13). The lowest BCUT2D eigenvalue weighted by Gasteiger charge is -2.23. The van der Waals surface area contributed by atoms with E-state index in [-0.39, 0.29) is 11.9 Å². The minimum atomic E-state index is -0.0556. The molecule has 1 N–H and O–H groups in total. The largest absolute Gasteiger partial charge is 0.363 e. The molecule has 1 aromatic rings. The summed E-state index contributed by atoms with van der Waals surface area (Å²) in [6.07, 6.45) is 2.07. The van der Waals surface area contributed by atoms with Crippen LogP contribution in [0, 0.1) is 0 Å². The first kappa shape index (κ1) is 12.9. The second-order valence-corrected chi connectivity index (χ2v) is 4.69. The molecule has 0 spiro atoms. The first-order valence-electron chi connectivity index (χ1n) is 5.38. The predicted octanol–water partition coefficient (Wildman–Crippen LogP) is 1.84. The normalized spacial score (nSPS) is 12.2. The highest BCUT2D eigenvalue weighted by molar-refractivity contribution is 7.17. The van der Waals surface area contributed by atoms with Gasteiger partial charge in [-0.15, -0.1) is 10.2 Å². The monoisotopic (exact) mass is 242 g/mol. The average molecular weight is 242 g/mol. The Morgan fingerprint density at radius 3 is 2.75 bits per heavy atom. The Kier molecular flexibility index (Phi) is 4.67. The summed E-state index contributed by atoms with van der Waals surface area (Å²) in [7, 11) is 3.57. The molecular weight excluding hydrogens is 224 g/mol. The van der Waals surface area contributed by atoms with Crippen LogP contribution in [0.4, 0.5) is 5.13 Å². The molecule has 0 aromatic carbocycles. The molecule has 1 heterocycles. The van der Waals surface area contributed by atoms with Crippen LogP contribution in [0.1, 0.15) is 36.5 Å². The molecular formula is C10H18N4OS. The maximum Gasteiger partial charge on any atom is 0.284 e. The van der Waals surface area contributed by atoms with Crippen molar-refractivity contribution in [3.8, 4) is 0 Å². The number of aromatic nitrogens is 2. The molecule has 0 bridgehead atoms. The number of nitrogens with one attached hydrogen (secondary N) is 1. The first-order chi connectivity index (χ1) is 7.60. The van der Waals surface area contributed by atoms with Crippen molar-refractivity contribution in [3.63, 3.8) is 0 Å². The van der Waals surface area contributed by atoms with Gasteiger partial charge in [0.1, 0.15) is 0 Å². The van der Waals surface area contributed by atoms with E-state index in [1.165, 1.54) is 11.3 Å². The van der Waals surface area contributed by atoms with Crippen LogP contribution in [0.25, 0.3) is 0 Å². The zero-order valence-electron chi connectivity index (χ0n) is 10.1. The van der Waals surface area contributed by atoms with E-state index in [1.807, 2.05) is 14.0 Å². The highest BCUT2D eigenvalue weighted by Crippen LogP contribution is 2.17. The van der Waals surface area contributed by atoms with Crippen LogP contribution in [0.2, 0.25) is 0 Å². The van der Waals surface area contributed by atoms with E-state index in [0.29, 0.717) is 10.1 Å². The summed E-state index contributed by atoms with van der Waals surface area (Å²) in [6, 6.07) is 0.236. The van der Waals surface area contributed by atoms with Crippen molar-refractivity contribution in [1.82, 2.24) is 15.1 Å². The summed E-state index contributed by atoms with van der Waals surface area (Å²) < 4.78 is 0. The fourth-order valence-corrected chi connectivity index (χ4v) is 2.05. The van der Waals surface area contributed by atoms with Gasteiger partial charge in [0.05, 0.1) is 0 Å². The zero-order valence-corrected chi connectivity index (χ0v) is 11.0. The Labute approximate surface area is 99.9 Å². The SMILES string of the molecule is CCCC(C)N(C)C(=O)c1nnc(NC)s1. The molecule has 1 rings (SSSR count). The van der Waals surface area contributed by atoms with Gasteiger partial charge in [0.2, 0.25) is 10.1 Å². The average Bonchev–Trinajstić information content (AvgIpc) is 2.75. The summed E-state index contributed by atoms with van der Waals surface area (Å²) in [5.74, 6) is -0.0556. The van der Waals surface area contributed by atoms with Crippen LogP contribution in [0.5, 0.6) is 0 Å². The molecule has 0 saturated heterocycles. The van der Waals surface area contributed by atoms with Crippen LogP contribution in [-0.4, -0.2) is 41.1 Å². The number of hydrogen-bond acceptors (Lipinski definition) is 5. The Morgan fingerprint density at radius 1 is 1.56 bits per heavy atom. The maximum atomic E-state index is 12.0. The molecule has 0 aliphatic heterocycles. The number of rotatable bonds is 5. The number of anilines is 1. The van der Waals surface area contributed by atoms with E-state index in [1.54, 1.807) is 11.9 Å². The second kappa shape index (κ2) is 5.79. The van der Waals surface area contributed by atoms with Crippen molar-refractivity contribution in [2.75, 3.05) is 19.4 Å². The van der Waals surface area contributed by atoms with Gasteiger partial charge in [-0.2, -0.15) is 0 Å². The topological polar surface area (TPSA) is 58.1 Å². The molecule has 0 aliphatic carbocycles. The number of hydrogen-bond donors (Lipinski definition) is 1. The molecule has 5 nitrogen and oxygen atoms in total. The Hall–Kier alpha value is -1.17. The van der Waals surface area contributed by atoms with Gasteiger partial charge in [-0.05, 0) is 13.3 Å². The summed E-state index contributed by atoms with van der Waals surface area (Å²) in [5.41, 5.74) is 0.